The molecule has 0 saturated carbocycles. The minimum absolute atomic E-state index is 0.299. The Bertz CT molecular complexity index is 685. The first kappa shape index (κ1) is 17.1. The minimum atomic E-state index is -4.35. The third-order valence-corrected chi connectivity index (χ3v) is 4.21. The van der Waals surface area contributed by atoms with Crippen LogP contribution in [0.2, 0.25) is 0 Å². The van der Waals surface area contributed by atoms with Gasteiger partial charge in [0, 0.05) is 12.0 Å². The van der Waals surface area contributed by atoms with E-state index in [9.17, 15) is 22.4 Å². The Labute approximate surface area is 121 Å². The molecular weight excluding hydrogens is 303 g/mol. The van der Waals surface area contributed by atoms with Crippen LogP contribution in [0.4, 0.5) is 4.39 Å². The van der Waals surface area contributed by atoms with E-state index in [0.717, 1.165) is 12.1 Å². The summed E-state index contributed by atoms with van der Waals surface area (Å²) in [5.41, 5.74) is 3.39. The Morgan fingerprint density at radius 2 is 1.95 bits per heavy atom. The Hall–Kier alpha value is -2.00. The average Bonchev–Trinajstić information content (AvgIpc) is 2.24. The topological polar surface area (TPSA) is 127 Å². The highest BCUT2D eigenvalue weighted by atomic mass is 32.2. The molecule has 0 atom stereocenters. The first-order chi connectivity index (χ1) is 9.44. The summed E-state index contributed by atoms with van der Waals surface area (Å²) >= 11 is 0. The second kappa shape index (κ2) is 5.78. The summed E-state index contributed by atoms with van der Waals surface area (Å²) in [6, 6.07) is 2.41. The maximum absolute atomic E-state index is 13.7. The molecule has 0 heterocycles. The van der Waals surface area contributed by atoms with E-state index in [2.05, 4.69) is 4.72 Å². The number of carboxylic acid groups (broad SMARTS) is 1. The van der Waals surface area contributed by atoms with Crippen molar-refractivity contribution < 1.29 is 27.5 Å². The van der Waals surface area contributed by atoms with Gasteiger partial charge in [0.1, 0.15) is 10.7 Å². The number of sulfonamides is 1. The third-order valence-electron chi connectivity index (χ3n) is 2.49. The maximum atomic E-state index is 13.7. The lowest BCUT2D eigenvalue weighted by molar-refractivity contribution is -0.119. The van der Waals surface area contributed by atoms with E-state index < -0.39 is 38.2 Å². The second-order valence-electron chi connectivity index (χ2n) is 5.08. The molecule has 116 valence electrons. The molecule has 0 spiro atoms. The Morgan fingerprint density at radius 1 is 1.38 bits per heavy atom. The summed E-state index contributed by atoms with van der Waals surface area (Å²) in [4.78, 5) is 20.9. The summed E-state index contributed by atoms with van der Waals surface area (Å²) in [6.45, 7) is 2.79. The van der Waals surface area contributed by atoms with Gasteiger partial charge in [-0.2, -0.15) is 0 Å². The lowest BCUT2D eigenvalue weighted by atomic mass is 10.0. The fourth-order valence-corrected chi connectivity index (χ4v) is 3.25. The molecule has 21 heavy (non-hydrogen) atoms. The molecule has 0 bridgehead atoms. The van der Waals surface area contributed by atoms with E-state index in [1.165, 1.54) is 13.8 Å². The highest BCUT2D eigenvalue weighted by molar-refractivity contribution is 7.89. The zero-order valence-corrected chi connectivity index (χ0v) is 12.2. The summed E-state index contributed by atoms with van der Waals surface area (Å²) in [6.07, 6.45) is -0.299. The van der Waals surface area contributed by atoms with Gasteiger partial charge in [0.15, 0.2) is 0 Å². The van der Waals surface area contributed by atoms with Gasteiger partial charge < -0.3 is 10.8 Å². The summed E-state index contributed by atoms with van der Waals surface area (Å²) < 4.78 is 40.0. The van der Waals surface area contributed by atoms with Crippen LogP contribution in [0.15, 0.2) is 23.1 Å². The number of carbonyl (C=O) groups is 2. The lowest BCUT2D eigenvalue weighted by Gasteiger charge is -2.24. The van der Waals surface area contributed by atoms with Crippen LogP contribution in [-0.4, -0.2) is 30.9 Å². The van der Waals surface area contributed by atoms with E-state index in [-0.39, 0.29) is 12.0 Å². The molecule has 9 heteroatoms. The average molecular weight is 318 g/mol. The summed E-state index contributed by atoms with van der Waals surface area (Å²) in [5.74, 6) is -3.22. The highest BCUT2D eigenvalue weighted by Crippen LogP contribution is 2.20. The van der Waals surface area contributed by atoms with Crippen molar-refractivity contribution in [2.24, 2.45) is 5.73 Å². The largest absolute Gasteiger partial charge is 0.478 e. The van der Waals surface area contributed by atoms with Crippen molar-refractivity contribution in [1.29, 1.82) is 0 Å². The minimum Gasteiger partial charge on any atom is -0.478 e. The maximum Gasteiger partial charge on any atom is 0.335 e. The summed E-state index contributed by atoms with van der Waals surface area (Å²) in [5, 5.41) is 8.82. The van der Waals surface area contributed by atoms with Gasteiger partial charge in [-0.1, -0.05) is 0 Å². The number of amides is 1. The van der Waals surface area contributed by atoms with Crippen LogP contribution < -0.4 is 10.5 Å². The zero-order chi connectivity index (χ0) is 16.4. The molecular formula is C12H15FN2O5S. The normalized spacial score (nSPS) is 12.1. The third kappa shape index (κ3) is 4.50. The Kier molecular flexibility index (Phi) is 4.69. The van der Waals surface area contributed by atoms with Crippen LogP contribution in [0.3, 0.4) is 0 Å². The fourth-order valence-electron chi connectivity index (χ4n) is 1.73. The molecule has 0 fully saturated rings. The number of hydrogen-bond acceptors (Lipinski definition) is 4. The quantitative estimate of drug-likeness (QED) is 0.702. The fraction of sp³-hybridized carbons (Fsp3) is 0.333. The molecule has 7 nitrogen and oxygen atoms in total. The second-order valence-corrected chi connectivity index (χ2v) is 6.73. The number of carbonyl (C=O) groups excluding carboxylic acids is 1. The van der Waals surface area contributed by atoms with Crippen LogP contribution in [0.1, 0.15) is 30.6 Å². The smallest absolute Gasteiger partial charge is 0.335 e. The Morgan fingerprint density at radius 3 is 2.43 bits per heavy atom. The highest BCUT2D eigenvalue weighted by Gasteiger charge is 2.30. The van der Waals surface area contributed by atoms with Gasteiger partial charge in [0.05, 0.1) is 5.56 Å². The number of nitrogens with two attached hydrogens (primary N) is 1. The molecule has 0 saturated heterocycles. The van der Waals surface area contributed by atoms with Crippen LogP contribution in [-0.2, 0) is 14.8 Å². The van der Waals surface area contributed by atoms with Crippen molar-refractivity contribution in [3.8, 4) is 0 Å². The molecule has 0 aliphatic heterocycles. The molecule has 0 aliphatic carbocycles. The van der Waals surface area contributed by atoms with E-state index >= 15 is 0 Å². The number of hydrogen-bond donors (Lipinski definition) is 3. The van der Waals surface area contributed by atoms with E-state index in [1.807, 2.05) is 0 Å². The Balaban J connectivity index is 3.22. The van der Waals surface area contributed by atoms with Gasteiger partial charge in [-0.3, -0.25) is 4.79 Å². The predicted octanol–water partition coefficient (Wildman–Crippen LogP) is 0.456. The number of aromatic carboxylic acids is 1. The van der Waals surface area contributed by atoms with E-state index in [4.69, 9.17) is 10.8 Å². The predicted molar refractivity (Wildman–Crippen MR) is 71.6 cm³/mol. The van der Waals surface area contributed by atoms with Crippen molar-refractivity contribution in [3.05, 3.63) is 29.6 Å². The summed E-state index contributed by atoms with van der Waals surface area (Å²) in [7, 11) is -4.35. The molecule has 0 aromatic heterocycles. The van der Waals surface area contributed by atoms with Gasteiger partial charge in [0.2, 0.25) is 15.9 Å². The standard InChI is InChI=1S/C12H15FN2O5S/c1-12(2,6-10(14)16)15-21(19,20)9-5-7(11(17)18)3-4-8(9)13/h3-5,15H,6H2,1-2H3,(H2,14,16)(H,17,18). The van der Waals surface area contributed by atoms with Gasteiger partial charge in [-0.05, 0) is 32.0 Å². The molecule has 1 aromatic rings. The molecule has 4 N–H and O–H groups in total. The molecule has 0 unspecified atom stereocenters. The first-order valence-electron chi connectivity index (χ1n) is 5.80. The first-order valence-corrected chi connectivity index (χ1v) is 7.28. The van der Waals surface area contributed by atoms with Crippen LogP contribution in [0, 0.1) is 5.82 Å². The van der Waals surface area contributed by atoms with Crippen LogP contribution >= 0.6 is 0 Å². The van der Waals surface area contributed by atoms with E-state index in [0.29, 0.717) is 6.07 Å². The van der Waals surface area contributed by atoms with Crippen LogP contribution in [0.5, 0.6) is 0 Å². The van der Waals surface area contributed by atoms with E-state index in [1.54, 1.807) is 0 Å². The lowest BCUT2D eigenvalue weighted by Crippen LogP contribution is -2.46. The number of carboxylic acids is 1. The van der Waals surface area contributed by atoms with Gasteiger partial charge in [-0.25, -0.2) is 22.3 Å². The number of rotatable bonds is 6. The zero-order valence-electron chi connectivity index (χ0n) is 11.4. The van der Waals surface area contributed by atoms with Crippen molar-refractivity contribution in [2.75, 3.05) is 0 Å². The van der Waals surface area contributed by atoms with Crippen molar-refractivity contribution in [1.82, 2.24) is 4.72 Å². The SMILES string of the molecule is CC(C)(CC(N)=O)NS(=O)(=O)c1cc(C(=O)O)ccc1F. The monoisotopic (exact) mass is 318 g/mol. The van der Waals surface area contributed by atoms with Gasteiger partial charge >= 0.3 is 5.97 Å². The number of benzene rings is 1. The molecule has 1 aromatic carbocycles. The van der Waals surface area contributed by atoms with Crippen LogP contribution in [0.25, 0.3) is 0 Å². The van der Waals surface area contributed by atoms with Crippen molar-refractivity contribution >= 4 is 21.9 Å². The molecule has 1 amide bonds. The molecule has 0 aliphatic rings. The molecule has 1 rings (SSSR count). The van der Waals surface area contributed by atoms with Gasteiger partial charge in [0.25, 0.3) is 0 Å². The number of halogens is 1. The molecule has 0 radical (unpaired) electrons. The number of nitrogens with one attached hydrogen (secondary N) is 1. The van der Waals surface area contributed by atoms with Crippen molar-refractivity contribution in [2.45, 2.75) is 30.7 Å². The van der Waals surface area contributed by atoms with Gasteiger partial charge in [-0.15, -0.1) is 0 Å². The van der Waals surface area contributed by atoms with Crippen molar-refractivity contribution in [3.63, 3.8) is 0 Å². The number of primary amides is 1.